The number of nitrogens with zero attached hydrogens (tertiary/aromatic N) is 2. The Hall–Kier alpha value is -2.85. The molecule has 0 amide bonds. The van der Waals surface area contributed by atoms with E-state index in [0.29, 0.717) is 36.6 Å². The maximum absolute atomic E-state index is 13.9. The summed E-state index contributed by atoms with van der Waals surface area (Å²) < 4.78 is 45.1. The first-order valence-corrected chi connectivity index (χ1v) is 9.25. The second-order valence-corrected chi connectivity index (χ2v) is 6.81. The highest BCUT2D eigenvalue weighted by molar-refractivity contribution is 7.71. The first kappa shape index (κ1) is 19.5. The number of fused-ring (bicyclic) bond motifs is 2. The molecule has 0 saturated heterocycles. The fourth-order valence-corrected chi connectivity index (χ4v) is 3.52. The van der Waals surface area contributed by atoms with Gasteiger partial charge in [-0.05, 0) is 42.9 Å². The van der Waals surface area contributed by atoms with Crippen LogP contribution in [-0.4, -0.2) is 35.0 Å². The minimum absolute atomic E-state index is 0.0976. The molecule has 0 fully saturated rings. The van der Waals surface area contributed by atoms with Crippen molar-refractivity contribution in [2.45, 2.75) is 19.4 Å². The normalized spacial score (nSPS) is 12.8. The van der Waals surface area contributed by atoms with E-state index in [-0.39, 0.29) is 28.3 Å². The van der Waals surface area contributed by atoms with Crippen molar-refractivity contribution < 1.29 is 23.0 Å². The molecule has 0 atom stereocenters. The lowest BCUT2D eigenvalue weighted by Crippen LogP contribution is -2.18. The maximum atomic E-state index is 13.9. The molecule has 0 spiro atoms. The molecular weight excluding hydrogens is 404 g/mol. The summed E-state index contributed by atoms with van der Waals surface area (Å²) in [6, 6.07) is 6.29. The molecule has 0 radical (unpaired) electrons. The van der Waals surface area contributed by atoms with Crippen molar-refractivity contribution in [1.82, 2.24) is 14.5 Å². The first-order chi connectivity index (χ1) is 14.0. The molecule has 10 heteroatoms. The van der Waals surface area contributed by atoms with Gasteiger partial charge in [0.05, 0.1) is 11.1 Å². The van der Waals surface area contributed by atoms with E-state index < -0.39 is 17.5 Å². The van der Waals surface area contributed by atoms with E-state index in [1.807, 2.05) is 0 Å². The van der Waals surface area contributed by atoms with Crippen molar-refractivity contribution in [3.63, 3.8) is 0 Å². The van der Waals surface area contributed by atoms with Gasteiger partial charge in [-0.2, -0.15) is 0 Å². The van der Waals surface area contributed by atoms with E-state index in [9.17, 15) is 13.6 Å². The highest BCUT2D eigenvalue weighted by Crippen LogP contribution is 2.37. The number of aryl methyl sites for hydroxylation is 1. The van der Waals surface area contributed by atoms with E-state index in [0.717, 1.165) is 0 Å². The fourth-order valence-electron chi connectivity index (χ4n) is 3.25. The van der Waals surface area contributed by atoms with Crippen LogP contribution < -0.4 is 15.0 Å². The molecule has 0 aliphatic carbocycles. The number of aromatic nitrogens is 3. The molecule has 7 nitrogen and oxygen atoms in total. The predicted octanol–water partition coefficient (Wildman–Crippen LogP) is 3.82. The van der Waals surface area contributed by atoms with Crippen LogP contribution in [0.1, 0.15) is 18.4 Å². The maximum Gasteiger partial charge on any atom is 0.264 e. The molecule has 3 aromatic rings. The summed E-state index contributed by atoms with van der Waals surface area (Å²) in [6.07, 6.45) is -2.29. The van der Waals surface area contributed by atoms with Crippen LogP contribution in [0, 0.1) is 4.77 Å². The van der Waals surface area contributed by atoms with Gasteiger partial charge in [0.1, 0.15) is 5.65 Å². The summed E-state index contributed by atoms with van der Waals surface area (Å²) in [5.74, 6) is 1.08. The van der Waals surface area contributed by atoms with Crippen molar-refractivity contribution in [3.8, 4) is 22.8 Å². The van der Waals surface area contributed by atoms with E-state index in [2.05, 4.69) is 9.97 Å². The Bertz CT molecular complexity index is 1190. The summed E-state index contributed by atoms with van der Waals surface area (Å²) in [5, 5.41) is -0.171. The third-order valence-electron chi connectivity index (χ3n) is 4.61. The van der Waals surface area contributed by atoms with Gasteiger partial charge < -0.3 is 18.8 Å². The van der Waals surface area contributed by atoms with E-state index in [1.165, 1.54) is 6.07 Å². The fraction of sp³-hybridized carbons (Fsp3) is 0.316. The Morgan fingerprint density at radius 3 is 2.86 bits per heavy atom. The quantitative estimate of drug-likeness (QED) is 0.482. The molecule has 0 unspecified atom stereocenters. The van der Waals surface area contributed by atoms with Crippen LogP contribution >= 0.6 is 12.2 Å². The second-order valence-electron chi connectivity index (χ2n) is 6.42. The summed E-state index contributed by atoms with van der Waals surface area (Å²) in [7, 11) is 1.56. The highest BCUT2D eigenvalue weighted by Gasteiger charge is 2.21. The van der Waals surface area contributed by atoms with Gasteiger partial charge in [-0.1, -0.05) is 0 Å². The largest absolute Gasteiger partial charge is 0.454 e. The van der Waals surface area contributed by atoms with Crippen molar-refractivity contribution in [3.05, 3.63) is 45.0 Å². The number of ether oxygens (including phenoxy) is 3. The van der Waals surface area contributed by atoms with E-state index in [1.54, 1.807) is 29.9 Å². The number of pyridine rings is 1. The van der Waals surface area contributed by atoms with Crippen LogP contribution in [-0.2, 0) is 11.3 Å². The summed E-state index contributed by atoms with van der Waals surface area (Å²) >= 11 is 5.25. The molecule has 1 N–H and O–H groups in total. The number of nitrogens with one attached hydrogen (secondary N) is 1. The van der Waals surface area contributed by atoms with Crippen molar-refractivity contribution in [2.75, 3.05) is 20.5 Å². The molecule has 29 heavy (non-hydrogen) atoms. The Balaban J connectivity index is 1.96. The number of alkyl halides is 2. The van der Waals surface area contributed by atoms with E-state index >= 15 is 0 Å². The lowest BCUT2D eigenvalue weighted by Gasteiger charge is -2.14. The molecular formula is C19H17F2N3O4S. The zero-order chi connectivity index (χ0) is 20.5. The van der Waals surface area contributed by atoms with E-state index in [4.69, 9.17) is 26.4 Å². The van der Waals surface area contributed by atoms with Crippen LogP contribution in [0.3, 0.4) is 0 Å². The van der Waals surface area contributed by atoms with Crippen molar-refractivity contribution in [2.24, 2.45) is 0 Å². The second kappa shape index (κ2) is 7.88. The van der Waals surface area contributed by atoms with Gasteiger partial charge in [0.2, 0.25) is 6.79 Å². The summed E-state index contributed by atoms with van der Waals surface area (Å²) in [4.78, 5) is 19.4. The number of H-pyrrole nitrogens is 1. The minimum Gasteiger partial charge on any atom is -0.454 e. The molecule has 2 aromatic heterocycles. The predicted molar refractivity (Wildman–Crippen MR) is 104 cm³/mol. The number of hydrogen-bond donors (Lipinski definition) is 1. The van der Waals surface area contributed by atoms with Gasteiger partial charge in [0.15, 0.2) is 16.3 Å². The molecule has 0 bridgehead atoms. The Labute approximate surface area is 168 Å². The van der Waals surface area contributed by atoms with Gasteiger partial charge >= 0.3 is 0 Å². The number of methoxy groups -OCH3 is 1. The first-order valence-electron chi connectivity index (χ1n) is 8.84. The zero-order valence-electron chi connectivity index (χ0n) is 15.4. The summed E-state index contributed by atoms with van der Waals surface area (Å²) in [5.41, 5.74) is -0.132. The average molecular weight is 421 g/mol. The lowest BCUT2D eigenvalue weighted by molar-refractivity contribution is 0.153. The average Bonchev–Trinajstić information content (AvgIpc) is 3.17. The van der Waals surface area contributed by atoms with Crippen LogP contribution in [0.4, 0.5) is 8.78 Å². The van der Waals surface area contributed by atoms with Gasteiger partial charge in [0.25, 0.3) is 12.0 Å². The van der Waals surface area contributed by atoms with Gasteiger partial charge in [-0.15, -0.1) is 0 Å². The monoisotopic (exact) mass is 421 g/mol. The van der Waals surface area contributed by atoms with Crippen LogP contribution in [0.2, 0.25) is 0 Å². The smallest absolute Gasteiger partial charge is 0.264 e. The molecule has 1 aromatic carbocycles. The molecule has 4 rings (SSSR count). The Morgan fingerprint density at radius 2 is 2.10 bits per heavy atom. The molecule has 1 aliphatic heterocycles. The molecule has 152 valence electrons. The minimum atomic E-state index is -2.86. The molecule has 0 saturated carbocycles. The number of halogens is 2. The Morgan fingerprint density at radius 1 is 1.31 bits per heavy atom. The van der Waals surface area contributed by atoms with Crippen LogP contribution in [0.25, 0.3) is 22.3 Å². The standard InChI is InChI=1S/C19H17F2N3O4S/c1-26-6-2-5-24-17-15(18(25)23-19(24)29)11(16(20)21)8-12(22-17)10-3-4-13-14(7-10)28-9-27-13/h3-4,7-8,16H,2,5-6,9H2,1H3,(H,23,25,29). The topological polar surface area (TPSA) is 78.4 Å². The third-order valence-corrected chi connectivity index (χ3v) is 4.94. The third kappa shape index (κ3) is 3.60. The number of rotatable bonds is 6. The van der Waals surface area contributed by atoms with Gasteiger partial charge in [-0.25, -0.2) is 13.8 Å². The molecule has 3 heterocycles. The van der Waals surface area contributed by atoms with Gasteiger partial charge in [-0.3, -0.25) is 9.78 Å². The number of hydrogen-bond acceptors (Lipinski definition) is 6. The van der Waals surface area contributed by atoms with Crippen molar-refractivity contribution in [1.29, 1.82) is 0 Å². The number of benzene rings is 1. The SMILES string of the molecule is COCCCn1c(=S)[nH]c(=O)c2c(C(F)F)cc(-c3ccc4c(c3)OCO4)nc21. The number of aromatic amines is 1. The molecule has 1 aliphatic rings. The van der Waals surface area contributed by atoms with Gasteiger partial charge in [0, 0.05) is 31.4 Å². The van der Waals surface area contributed by atoms with Crippen molar-refractivity contribution >= 4 is 23.3 Å². The van der Waals surface area contributed by atoms with Crippen LogP contribution in [0.15, 0.2) is 29.1 Å². The lowest BCUT2D eigenvalue weighted by atomic mass is 10.1. The zero-order valence-corrected chi connectivity index (χ0v) is 16.2. The Kier molecular flexibility index (Phi) is 5.29. The summed E-state index contributed by atoms with van der Waals surface area (Å²) in [6.45, 7) is 0.909. The highest BCUT2D eigenvalue weighted by atomic mass is 32.1. The van der Waals surface area contributed by atoms with Crippen LogP contribution in [0.5, 0.6) is 11.5 Å².